The first kappa shape index (κ1) is 29.3. The number of carbonyl (C=O) groups excluding carboxylic acids is 1. The molecule has 1 aliphatic heterocycles. The Morgan fingerprint density at radius 2 is 1.62 bits per heavy atom. The Bertz CT molecular complexity index is 1280. The van der Waals surface area contributed by atoms with Crippen LogP contribution < -0.4 is 5.32 Å². The van der Waals surface area contributed by atoms with E-state index in [9.17, 15) is 43.9 Å². The number of amides is 1. The molecule has 2 atom stereocenters. The fraction of sp³-hybridized carbons (Fsp3) is 0.583. The number of rotatable bonds is 6. The third-order valence-corrected chi connectivity index (χ3v) is 9.39. The second-order valence-electron chi connectivity index (χ2n) is 9.98. The maximum atomic E-state index is 13.7. The van der Waals surface area contributed by atoms with Crippen molar-refractivity contribution >= 4 is 15.9 Å². The van der Waals surface area contributed by atoms with E-state index < -0.39 is 70.4 Å². The number of hydrogen-bond donors (Lipinski definition) is 1. The molecule has 15 heteroatoms. The van der Waals surface area contributed by atoms with Gasteiger partial charge in [0, 0.05) is 24.3 Å². The summed E-state index contributed by atoms with van der Waals surface area (Å²) in [6, 6.07) is 1.63. The van der Waals surface area contributed by atoms with E-state index in [1.165, 1.54) is 0 Å². The van der Waals surface area contributed by atoms with E-state index in [-0.39, 0.29) is 42.6 Å². The Morgan fingerprint density at radius 3 is 2.18 bits per heavy atom. The van der Waals surface area contributed by atoms with E-state index in [0.717, 1.165) is 39.4 Å². The third-order valence-electron chi connectivity index (χ3n) is 7.35. The molecule has 1 saturated carbocycles. The molecule has 1 amide bonds. The monoisotopic (exact) mass is 584 g/mol. The molecule has 1 saturated heterocycles. The number of sulfonamides is 1. The van der Waals surface area contributed by atoms with E-state index in [2.05, 4.69) is 10.4 Å². The Labute approximate surface area is 220 Å². The minimum Gasteiger partial charge on any atom is -0.350 e. The van der Waals surface area contributed by atoms with Crippen LogP contribution in [0.15, 0.2) is 35.4 Å². The van der Waals surface area contributed by atoms with Gasteiger partial charge >= 0.3 is 12.4 Å². The molecule has 2 aliphatic rings. The lowest BCUT2D eigenvalue weighted by Crippen LogP contribution is -2.48. The van der Waals surface area contributed by atoms with Gasteiger partial charge in [0.25, 0.3) is 0 Å². The zero-order chi connectivity index (χ0) is 28.8. The summed E-state index contributed by atoms with van der Waals surface area (Å²) in [5.41, 5.74) is -1.65. The zero-order valence-corrected chi connectivity index (χ0v) is 21.6. The van der Waals surface area contributed by atoms with E-state index in [1.54, 1.807) is 6.92 Å². The molecule has 1 aromatic carbocycles. The van der Waals surface area contributed by atoms with Gasteiger partial charge in [-0.05, 0) is 69.7 Å². The van der Waals surface area contributed by atoms with Crippen molar-refractivity contribution in [3.63, 3.8) is 0 Å². The molecule has 1 aromatic heterocycles. The third kappa shape index (κ3) is 6.23. The van der Waals surface area contributed by atoms with Crippen molar-refractivity contribution in [2.24, 2.45) is 5.92 Å². The van der Waals surface area contributed by atoms with E-state index in [0.29, 0.717) is 6.42 Å². The molecule has 0 radical (unpaired) electrons. The highest BCUT2D eigenvalue weighted by Crippen LogP contribution is 2.42. The molecule has 0 spiro atoms. The standard InChI is InChI=1S/C24H27F7N4O3S/c1-14-2-11-20(35(14)39(37,38)19-9-5-17(25)6-10-19)22(36)32-12-15-13-34(33-21(15)24(29,30)31)18-7-3-16(4-8-18)23(26,27)28/h5-6,9-10,13-14,16,18,20H,2-4,7-8,11-12H2,1H3,(H,32,36)/t14-,16?,18?,20-/m0/s1. The lowest BCUT2D eigenvalue weighted by atomic mass is 9.86. The first-order valence-electron chi connectivity index (χ1n) is 12.4. The van der Waals surface area contributed by atoms with Gasteiger partial charge < -0.3 is 5.32 Å². The largest absolute Gasteiger partial charge is 0.435 e. The summed E-state index contributed by atoms with van der Waals surface area (Å²) in [6.45, 7) is 0.981. The van der Waals surface area contributed by atoms with Gasteiger partial charge in [-0.25, -0.2) is 12.8 Å². The van der Waals surface area contributed by atoms with Crippen molar-refractivity contribution in [3.05, 3.63) is 47.5 Å². The Morgan fingerprint density at radius 1 is 1.00 bits per heavy atom. The topological polar surface area (TPSA) is 84.3 Å². The van der Waals surface area contributed by atoms with E-state index in [4.69, 9.17) is 0 Å². The number of hydrogen-bond acceptors (Lipinski definition) is 4. The Kier molecular flexibility index (Phi) is 8.05. The molecular weight excluding hydrogens is 557 g/mol. The lowest BCUT2D eigenvalue weighted by molar-refractivity contribution is -0.183. The summed E-state index contributed by atoms with van der Waals surface area (Å²) in [4.78, 5) is 12.8. The highest BCUT2D eigenvalue weighted by atomic mass is 32.2. The number of benzene rings is 1. The summed E-state index contributed by atoms with van der Waals surface area (Å²) in [6.07, 6.45) is -8.15. The van der Waals surface area contributed by atoms with Gasteiger partial charge in [-0.1, -0.05) is 0 Å². The van der Waals surface area contributed by atoms with Gasteiger partial charge in [0.1, 0.15) is 11.9 Å². The number of halogens is 7. The van der Waals surface area contributed by atoms with Crippen LogP contribution in [0.4, 0.5) is 30.7 Å². The predicted molar refractivity (Wildman–Crippen MR) is 124 cm³/mol. The highest BCUT2D eigenvalue weighted by Gasteiger charge is 2.45. The summed E-state index contributed by atoms with van der Waals surface area (Å²) >= 11 is 0. The lowest BCUT2D eigenvalue weighted by Gasteiger charge is -2.29. The fourth-order valence-electron chi connectivity index (χ4n) is 5.29. The Hall–Kier alpha value is -2.68. The first-order chi connectivity index (χ1) is 18.1. The second kappa shape index (κ2) is 10.7. The molecule has 0 unspecified atom stereocenters. The summed E-state index contributed by atoms with van der Waals surface area (Å²) < 4.78 is 122. The zero-order valence-electron chi connectivity index (χ0n) is 20.8. The van der Waals surface area contributed by atoms with Gasteiger partial charge in [0.15, 0.2) is 5.69 Å². The van der Waals surface area contributed by atoms with Crippen molar-refractivity contribution in [1.82, 2.24) is 19.4 Å². The molecule has 0 bridgehead atoms. The van der Waals surface area contributed by atoms with Crippen LogP contribution in [0.2, 0.25) is 0 Å². The summed E-state index contributed by atoms with van der Waals surface area (Å²) in [5.74, 6) is -2.96. The molecule has 216 valence electrons. The average Bonchev–Trinajstić information content (AvgIpc) is 3.47. The van der Waals surface area contributed by atoms with Crippen molar-refractivity contribution in [2.75, 3.05) is 0 Å². The minimum atomic E-state index is -4.88. The first-order valence-corrected chi connectivity index (χ1v) is 13.8. The SMILES string of the molecule is C[C@H]1CC[C@@H](C(=O)NCc2cn(C3CCC(C(F)(F)F)CC3)nc2C(F)(F)F)N1S(=O)(=O)c1ccc(F)cc1. The van der Waals surface area contributed by atoms with Gasteiger partial charge in [-0.2, -0.15) is 35.7 Å². The molecule has 39 heavy (non-hydrogen) atoms. The van der Waals surface area contributed by atoms with Gasteiger partial charge in [0.05, 0.1) is 16.9 Å². The van der Waals surface area contributed by atoms with Crippen molar-refractivity contribution in [1.29, 1.82) is 0 Å². The van der Waals surface area contributed by atoms with Crippen LogP contribution in [0.3, 0.4) is 0 Å². The van der Waals surface area contributed by atoms with Gasteiger partial charge in [-0.15, -0.1) is 0 Å². The molecule has 1 aliphatic carbocycles. The smallest absolute Gasteiger partial charge is 0.350 e. The number of carbonyl (C=O) groups is 1. The van der Waals surface area contributed by atoms with E-state index in [1.807, 2.05) is 0 Å². The minimum absolute atomic E-state index is 0.00508. The van der Waals surface area contributed by atoms with Gasteiger partial charge in [-0.3, -0.25) is 9.48 Å². The molecule has 2 fully saturated rings. The van der Waals surface area contributed by atoms with Crippen LogP contribution >= 0.6 is 0 Å². The predicted octanol–water partition coefficient (Wildman–Crippen LogP) is 5.19. The number of nitrogens with zero attached hydrogens (tertiary/aromatic N) is 3. The van der Waals surface area contributed by atoms with Crippen LogP contribution in [-0.4, -0.2) is 46.7 Å². The number of alkyl halides is 6. The maximum Gasteiger partial charge on any atom is 0.435 e. The normalized spacial score (nSPS) is 25.1. The average molecular weight is 585 g/mol. The second-order valence-corrected chi connectivity index (χ2v) is 11.8. The fourth-order valence-corrected chi connectivity index (χ4v) is 7.13. The van der Waals surface area contributed by atoms with E-state index >= 15 is 0 Å². The van der Waals surface area contributed by atoms with Crippen LogP contribution in [0.1, 0.15) is 62.7 Å². The van der Waals surface area contributed by atoms with Crippen molar-refractivity contribution in [2.45, 2.75) is 87.4 Å². The van der Waals surface area contributed by atoms with Gasteiger partial charge in [0.2, 0.25) is 15.9 Å². The number of nitrogens with one attached hydrogen (secondary N) is 1. The van der Waals surface area contributed by atoms with Crippen molar-refractivity contribution in [3.8, 4) is 0 Å². The Balaban J connectivity index is 1.49. The van der Waals surface area contributed by atoms with Crippen LogP contribution in [0, 0.1) is 11.7 Å². The van der Waals surface area contributed by atoms with Crippen LogP contribution in [0.5, 0.6) is 0 Å². The molecule has 1 N–H and O–H groups in total. The van der Waals surface area contributed by atoms with Crippen LogP contribution in [0.25, 0.3) is 0 Å². The highest BCUT2D eigenvalue weighted by molar-refractivity contribution is 7.89. The number of aromatic nitrogens is 2. The quantitative estimate of drug-likeness (QED) is 0.474. The van der Waals surface area contributed by atoms with Crippen molar-refractivity contribution < 1.29 is 43.9 Å². The summed E-state index contributed by atoms with van der Waals surface area (Å²) in [5, 5.41) is 5.98. The molecule has 2 aromatic rings. The molecule has 2 heterocycles. The molecule has 4 rings (SSSR count). The molecular formula is C24H27F7N4O3S. The molecule has 7 nitrogen and oxygen atoms in total. The maximum absolute atomic E-state index is 13.7. The summed E-state index contributed by atoms with van der Waals surface area (Å²) in [7, 11) is -4.21. The van der Waals surface area contributed by atoms with Crippen LogP contribution in [-0.2, 0) is 27.5 Å².